The number of nitrogen functional groups attached to an aromatic ring is 1. The number of rotatable bonds is 1. The monoisotopic (exact) mass is 252 g/mol. The molecule has 0 saturated heterocycles. The van der Waals surface area contributed by atoms with Crippen molar-refractivity contribution in [3.8, 4) is 23.2 Å². The summed E-state index contributed by atoms with van der Waals surface area (Å²) in [4.78, 5) is 8.34. The first-order valence-corrected chi connectivity index (χ1v) is 6.06. The molecule has 2 aromatic rings. The highest BCUT2D eigenvalue weighted by Gasteiger charge is 2.13. The van der Waals surface area contributed by atoms with E-state index in [1.54, 1.807) is 0 Å². The van der Waals surface area contributed by atoms with Crippen LogP contribution in [0.5, 0.6) is 5.75 Å². The Balaban J connectivity index is 2.03. The van der Waals surface area contributed by atoms with E-state index in [4.69, 9.17) is 15.7 Å². The van der Waals surface area contributed by atoms with Crippen LogP contribution in [0.1, 0.15) is 17.5 Å². The Morgan fingerprint density at radius 3 is 3.05 bits per heavy atom. The van der Waals surface area contributed by atoms with Gasteiger partial charge in [0.1, 0.15) is 23.2 Å². The third-order valence-corrected chi connectivity index (χ3v) is 3.11. The number of ether oxygens (including phenoxy) is 1. The molecular formula is C14H12N4O. The number of nitriles is 1. The van der Waals surface area contributed by atoms with E-state index in [2.05, 4.69) is 9.97 Å². The van der Waals surface area contributed by atoms with Gasteiger partial charge >= 0.3 is 0 Å². The summed E-state index contributed by atoms with van der Waals surface area (Å²) in [5.41, 5.74) is 8.06. The Bertz CT molecular complexity index is 676. The SMILES string of the molecule is N#Cc1cnc(-c2ccc3c(c2)CCCO3)nc1N. The number of hydrogen-bond acceptors (Lipinski definition) is 5. The summed E-state index contributed by atoms with van der Waals surface area (Å²) in [6, 6.07) is 7.82. The van der Waals surface area contributed by atoms with Gasteiger partial charge < -0.3 is 10.5 Å². The van der Waals surface area contributed by atoms with Crippen LogP contribution in [0.3, 0.4) is 0 Å². The van der Waals surface area contributed by atoms with Gasteiger partial charge in [0.15, 0.2) is 5.82 Å². The number of aromatic nitrogens is 2. The molecule has 1 aliphatic rings. The average molecular weight is 252 g/mol. The van der Waals surface area contributed by atoms with Gasteiger partial charge in [-0.25, -0.2) is 9.97 Å². The lowest BCUT2D eigenvalue weighted by Crippen LogP contribution is -2.08. The summed E-state index contributed by atoms with van der Waals surface area (Å²) in [6.07, 6.45) is 3.47. The predicted octanol–water partition coefficient (Wildman–Crippen LogP) is 1.92. The lowest BCUT2D eigenvalue weighted by Gasteiger charge is -2.17. The summed E-state index contributed by atoms with van der Waals surface area (Å²) >= 11 is 0. The average Bonchev–Trinajstić information content (AvgIpc) is 2.46. The van der Waals surface area contributed by atoms with Gasteiger partial charge in [-0.3, -0.25) is 0 Å². The molecule has 0 fully saturated rings. The molecule has 0 aliphatic carbocycles. The van der Waals surface area contributed by atoms with Crippen molar-refractivity contribution in [3.63, 3.8) is 0 Å². The molecule has 1 aliphatic heterocycles. The highest BCUT2D eigenvalue weighted by molar-refractivity contribution is 5.62. The summed E-state index contributed by atoms with van der Waals surface area (Å²) in [6.45, 7) is 0.770. The van der Waals surface area contributed by atoms with E-state index < -0.39 is 0 Å². The molecule has 1 aromatic carbocycles. The second-order valence-corrected chi connectivity index (χ2v) is 4.38. The molecule has 0 amide bonds. The molecule has 0 radical (unpaired) electrons. The third kappa shape index (κ3) is 2.08. The van der Waals surface area contributed by atoms with Crippen LogP contribution >= 0.6 is 0 Å². The fourth-order valence-electron chi connectivity index (χ4n) is 2.12. The zero-order chi connectivity index (χ0) is 13.2. The van der Waals surface area contributed by atoms with Crippen molar-refractivity contribution in [3.05, 3.63) is 35.5 Å². The molecule has 0 atom stereocenters. The van der Waals surface area contributed by atoms with Crippen molar-refractivity contribution >= 4 is 5.82 Å². The first kappa shape index (κ1) is 11.5. The van der Waals surface area contributed by atoms with Crippen molar-refractivity contribution in [1.29, 1.82) is 5.26 Å². The number of benzene rings is 1. The van der Waals surface area contributed by atoms with E-state index in [1.807, 2.05) is 24.3 Å². The molecule has 5 nitrogen and oxygen atoms in total. The standard InChI is InChI=1S/C14H12N4O/c15-7-11-8-17-14(18-13(11)16)10-3-4-12-9(6-10)2-1-5-19-12/h3-4,6,8H,1-2,5H2,(H2,16,17,18). The Hall–Kier alpha value is -2.61. The number of fused-ring (bicyclic) bond motifs is 1. The summed E-state index contributed by atoms with van der Waals surface area (Å²) < 4.78 is 5.57. The number of hydrogen-bond donors (Lipinski definition) is 1. The largest absolute Gasteiger partial charge is 0.493 e. The fourth-order valence-corrected chi connectivity index (χ4v) is 2.12. The lowest BCUT2D eigenvalue weighted by molar-refractivity contribution is 0.288. The minimum atomic E-state index is 0.210. The topological polar surface area (TPSA) is 84.8 Å². The van der Waals surface area contributed by atoms with Crippen LogP contribution in [0.2, 0.25) is 0 Å². The van der Waals surface area contributed by atoms with Gasteiger partial charge in [0.05, 0.1) is 12.8 Å². The van der Waals surface area contributed by atoms with Crippen LogP contribution in [0.15, 0.2) is 24.4 Å². The maximum Gasteiger partial charge on any atom is 0.161 e. The highest BCUT2D eigenvalue weighted by Crippen LogP contribution is 2.29. The summed E-state index contributed by atoms with van der Waals surface area (Å²) in [5, 5.41) is 8.81. The van der Waals surface area contributed by atoms with Crippen LogP contribution in [0.25, 0.3) is 11.4 Å². The quantitative estimate of drug-likeness (QED) is 0.838. The zero-order valence-corrected chi connectivity index (χ0v) is 10.3. The molecule has 2 N–H and O–H groups in total. The molecule has 0 spiro atoms. The molecule has 94 valence electrons. The van der Waals surface area contributed by atoms with Crippen LogP contribution in [-0.2, 0) is 6.42 Å². The second-order valence-electron chi connectivity index (χ2n) is 4.38. The van der Waals surface area contributed by atoms with Crippen LogP contribution in [0, 0.1) is 11.3 Å². The van der Waals surface area contributed by atoms with Gasteiger partial charge in [-0.1, -0.05) is 0 Å². The minimum absolute atomic E-state index is 0.210. The van der Waals surface area contributed by atoms with Crippen molar-refractivity contribution in [1.82, 2.24) is 9.97 Å². The van der Waals surface area contributed by atoms with Crippen molar-refractivity contribution in [2.45, 2.75) is 12.8 Å². The Morgan fingerprint density at radius 2 is 2.26 bits per heavy atom. The highest BCUT2D eigenvalue weighted by atomic mass is 16.5. The lowest BCUT2D eigenvalue weighted by atomic mass is 10.0. The second kappa shape index (κ2) is 4.58. The molecular weight excluding hydrogens is 240 g/mol. The maximum absolute atomic E-state index is 8.81. The molecule has 19 heavy (non-hydrogen) atoms. The van der Waals surface area contributed by atoms with Gasteiger partial charge in [0.25, 0.3) is 0 Å². The maximum atomic E-state index is 8.81. The Kier molecular flexibility index (Phi) is 2.76. The smallest absolute Gasteiger partial charge is 0.161 e. The van der Waals surface area contributed by atoms with E-state index in [1.165, 1.54) is 6.20 Å². The Morgan fingerprint density at radius 1 is 1.37 bits per heavy atom. The van der Waals surface area contributed by atoms with Gasteiger partial charge in [0.2, 0.25) is 0 Å². The van der Waals surface area contributed by atoms with E-state index in [0.29, 0.717) is 11.4 Å². The molecule has 0 saturated carbocycles. The molecule has 1 aromatic heterocycles. The van der Waals surface area contributed by atoms with Crippen molar-refractivity contribution < 1.29 is 4.74 Å². The number of nitrogens with two attached hydrogens (primary N) is 1. The van der Waals surface area contributed by atoms with E-state index >= 15 is 0 Å². The summed E-state index contributed by atoms with van der Waals surface area (Å²) in [5.74, 6) is 1.67. The van der Waals surface area contributed by atoms with E-state index in [0.717, 1.165) is 36.3 Å². The van der Waals surface area contributed by atoms with Crippen molar-refractivity contribution in [2.24, 2.45) is 0 Å². The summed E-state index contributed by atoms with van der Waals surface area (Å²) in [7, 11) is 0. The minimum Gasteiger partial charge on any atom is -0.493 e. The third-order valence-electron chi connectivity index (χ3n) is 3.11. The van der Waals surface area contributed by atoms with E-state index in [-0.39, 0.29) is 5.82 Å². The number of aryl methyl sites for hydroxylation is 1. The number of anilines is 1. The van der Waals surface area contributed by atoms with Crippen LogP contribution < -0.4 is 10.5 Å². The fraction of sp³-hybridized carbons (Fsp3) is 0.214. The molecule has 3 rings (SSSR count). The van der Waals surface area contributed by atoms with Crippen LogP contribution in [0.4, 0.5) is 5.82 Å². The molecule has 0 bridgehead atoms. The van der Waals surface area contributed by atoms with E-state index in [9.17, 15) is 0 Å². The van der Waals surface area contributed by atoms with Crippen molar-refractivity contribution in [2.75, 3.05) is 12.3 Å². The van der Waals surface area contributed by atoms with Gasteiger partial charge in [0, 0.05) is 5.56 Å². The molecule has 0 unspecified atom stereocenters. The van der Waals surface area contributed by atoms with Gasteiger partial charge in [-0.15, -0.1) is 0 Å². The first-order valence-electron chi connectivity index (χ1n) is 6.06. The normalized spacial score (nSPS) is 13.2. The molecule has 2 heterocycles. The zero-order valence-electron chi connectivity index (χ0n) is 10.3. The Labute approximate surface area is 110 Å². The predicted molar refractivity (Wildman–Crippen MR) is 70.4 cm³/mol. The van der Waals surface area contributed by atoms with Crippen LogP contribution in [-0.4, -0.2) is 16.6 Å². The molecule has 5 heteroatoms. The number of nitrogens with zero attached hydrogens (tertiary/aromatic N) is 3. The van der Waals surface area contributed by atoms with Gasteiger partial charge in [-0.05, 0) is 36.6 Å². The van der Waals surface area contributed by atoms with Gasteiger partial charge in [-0.2, -0.15) is 5.26 Å². The first-order chi connectivity index (χ1) is 9.28.